The van der Waals surface area contributed by atoms with E-state index >= 15 is 0 Å². The van der Waals surface area contributed by atoms with Crippen LogP contribution in [0.3, 0.4) is 0 Å². The molecule has 3 heterocycles. The zero-order valence-corrected chi connectivity index (χ0v) is 20.1. The highest BCUT2D eigenvalue weighted by atomic mass is 32.2. The van der Waals surface area contributed by atoms with Gasteiger partial charge in [-0.25, -0.2) is 23.6 Å². The molecule has 4 rings (SSSR count). The molecule has 0 bridgehead atoms. The van der Waals surface area contributed by atoms with E-state index in [1.54, 1.807) is 80.8 Å². The van der Waals surface area contributed by atoms with E-state index in [0.717, 1.165) is 5.56 Å². The van der Waals surface area contributed by atoms with Crippen molar-refractivity contribution < 1.29 is 27.2 Å². The molecular formula is C22H26N6O5S. The summed E-state index contributed by atoms with van der Waals surface area (Å²) < 4.78 is 40.4. The molecule has 2 N–H and O–H groups in total. The van der Waals surface area contributed by atoms with E-state index in [2.05, 4.69) is 15.1 Å². The van der Waals surface area contributed by atoms with Crippen molar-refractivity contribution in [3.8, 4) is 0 Å². The summed E-state index contributed by atoms with van der Waals surface area (Å²) in [5.74, 6) is 4.87. The normalized spacial score (nSPS) is 10.5. The second kappa shape index (κ2) is 11.8. The van der Waals surface area contributed by atoms with Crippen molar-refractivity contribution in [2.45, 2.75) is 32.6 Å². The monoisotopic (exact) mass is 486 g/mol. The van der Waals surface area contributed by atoms with Crippen molar-refractivity contribution in [3.63, 3.8) is 0 Å². The molecule has 0 fully saturated rings. The van der Waals surface area contributed by atoms with Gasteiger partial charge in [0.25, 0.3) is 0 Å². The standard InChI is InChI=1S/C9H9N3O2.C9H12O3S.C4H6N3/c1-2-14-9(13)7-5-11-12-4-3-10-6-8(7)12;1-6-4-7(2)9(8(3)5-6)13(10,11)12;5-7-3-1-6-2-4-7/h3-6H,2H2,1H3;4-5H,1-3H3,(H,10,11,12);1-4H,(H2,5,6)/q;;+1/p-1. The SMILES string of the molecule is CCOC(=O)c1cnn2ccncc12.Cc1cc(C)c(S(=O)(=O)[O-])c(C)c1.N[n+]1ccncc1. The molecule has 0 aliphatic carbocycles. The first-order valence-corrected chi connectivity index (χ1v) is 11.5. The Morgan fingerprint density at radius 2 is 1.71 bits per heavy atom. The van der Waals surface area contributed by atoms with Crippen LogP contribution >= 0.6 is 0 Å². The van der Waals surface area contributed by atoms with Crippen LogP contribution in [0.25, 0.3) is 5.52 Å². The number of fused-ring (bicyclic) bond motifs is 1. The molecule has 0 aliphatic heterocycles. The summed E-state index contributed by atoms with van der Waals surface area (Å²) in [6, 6.07) is 3.38. The van der Waals surface area contributed by atoms with Crippen LogP contribution in [0.5, 0.6) is 0 Å². The van der Waals surface area contributed by atoms with Crippen molar-refractivity contribution in [1.29, 1.82) is 0 Å². The zero-order valence-electron chi connectivity index (χ0n) is 19.2. The number of nitrogen functional groups attached to an aromatic ring is 1. The highest BCUT2D eigenvalue weighted by molar-refractivity contribution is 7.85. The third-order valence-electron chi connectivity index (χ3n) is 4.32. The van der Waals surface area contributed by atoms with Gasteiger partial charge < -0.3 is 9.29 Å². The maximum Gasteiger partial charge on any atom is 0.342 e. The van der Waals surface area contributed by atoms with E-state index in [0.29, 0.717) is 28.8 Å². The van der Waals surface area contributed by atoms with E-state index in [4.69, 9.17) is 10.6 Å². The van der Waals surface area contributed by atoms with Crippen molar-refractivity contribution >= 4 is 21.6 Å². The lowest BCUT2D eigenvalue weighted by Crippen LogP contribution is -2.43. The van der Waals surface area contributed by atoms with Crippen LogP contribution in [0.2, 0.25) is 0 Å². The smallest absolute Gasteiger partial charge is 0.342 e. The van der Waals surface area contributed by atoms with Crippen LogP contribution in [0.1, 0.15) is 34.0 Å². The number of aryl methyl sites for hydroxylation is 3. The largest absolute Gasteiger partial charge is 0.744 e. The molecular weight excluding hydrogens is 460 g/mol. The van der Waals surface area contributed by atoms with Crippen LogP contribution in [-0.4, -0.2) is 45.1 Å². The Morgan fingerprint density at radius 3 is 2.21 bits per heavy atom. The number of carbonyl (C=O) groups is 1. The summed E-state index contributed by atoms with van der Waals surface area (Å²) in [5, 5.41) is 4.00. The average molecular weight is 487 g/mol. The van der Waals surface area contributed by atoms with Gasteiger partial charge in [0.2, 0.25) is 12.4 Å². The number of nitrogens with zero attached hydrogens (tertiary/aromatic N) is 5. The fraction of sp³-hybridized carbons (Fsp3) is 0.227. The minimum Gasteiger partial charge on any atom is -0.744 e. The van der Waals surface area contributed by atoms with E-state index in [1.165, 1.54) is 10.9 Å². The summed E-state index contributed by atoms with van der Waals surface area (Å²) >= 11 is 0. The molecule has 1 aromatic carbocycles. The lowest BCUT2D eigenvalue weighted by molar-refractivity contribution is -0.639. The molecule has 0 saturated carbocycles. The summed E-state index contributed by atoms with van der Waals surface area (Å²) in [6.07, 6.45) is 12.9. The fourth-order valence-electron chi connectivity index (χ4n) is 3.09. The molecule has 12 heteroatoms. The molecule has 180 valence electrons. The Hall–Kier alpha value is -3.90. The number of rotatable bonds is 3. The molecule has 3 aromatic heterocycles. The van der Waals surface area contributed by atoms with Crippen molar-refractivity contribution in [2.24, 2.45) is 0 Å². The number of ether oxygens (including phenoxy) is 1. The molecule has 0 atom stereocenters. The van der Waals surface area contributed by atoms with Crippen molar-refractivity contribution in [2.75, 3.05) is 12.4 Å². The van der Waals surface area contributed by atoms with Gasteiger partial charge in [0, 0.05) is 12.4 Å². The van der Waals surface area contributed by atoms with Gasteiger partial charge in [-0.05, 0) is 38.8 Å². The van der Waals surface area contributed by atoms with Crippen LogP contribution in [0, 0.1) is 20.8 Å². The maximum atomic E-state index is 11.4. The number of aromatic nitrogens is 5. The van der Waals surface area contributed by atoms with Crippen molar-refractivity contribution in [3.05, 3.63) is 84.0 Å². The highest BCUT2D eigenvalue weighted by Gasteiger charge is 2.13. The topological polar surface area (TPSA) is 156 Å². The Kier molecular flexibility index (Phi) is 9.16. The minimum atomic E-state index is -4.33. The predicted molar refractivity (Wildman–Crippen MR) is 122 cm³/mol. The number of esters is 1. The van der Waals surface area contributed by atoms with Crippen LogP contribution < -0.4 is 10.5 Å². The second-order valence-corrected chi connectivity index (χ2v) is 8.38. The fourth-order valence-corrected chi connectivity index (χ4v) is 4.00. The van der Waals surface area contributed by atoms with Crippen LogP contribution in [0.4, 0.5) is 0 Å². The van der Waals surface area contributed by atoms with Crippen LogP contribution in [0.15, 0.2) is 66.6 Å². The average Bonchev–Trinajstić information content (AvgIpc) is 3.18. The minimum absolute atomic E-state index is 0.0851. The van der Waals surface area contributed by atoms with Gasteiger partial charge in [0.15, 0.2) is 0 Å². The van der Waals surface area contributed by atoms with Gasteiger partial charge >= 0.3 is 5.97 Å². The third kappa shape index (κ3) is 7.32. The number of carbonyl (C=O) groups excluding carboxylic acids is 1. The molecule has 34 heavy (non-hydrogen) atoms. The molecule has 4 aromatic rings. The van der Waals surface area contributed by atoms with Gasteiger partial charge in [0.1, 0.15) is 15.7 Å². The number of hydrogen-bond donors (Lipinski definition) is 1. The number of hydrogen-bond acceptors (Lipinski definition) is 9. The zero-order chi connectivity index (χ0) is 25.3. The second-order valence-electron chi connectivity index (χ2n) is 7.06. The summed E-state index contributed by atoms with van der Waals surface area (Å²) in [6.45, 7) is 7.25. The Bertz CT molecular complexity index is 1330. The maximum absolute atomic E-state index is 11.4. The first-order chi connectivity index (χ1) is 16.0. The van der Waals surface area contributed by atoms with E-state index in [-0.39, 0.29) is 10.9 Å². The Morgan fingerprint density at radius 1 is 1.09 bits per heavy atom. The summed E-state index contributed by atoms with van der Waals surface area (Å²) in [5.41, 5.74) is 3.10. The summed E-state index contributed by atoms with van der Waals surface area (Å²) in [4.78, 5) is 19.0. The summed E-state index contributed by atoms with van der Waals surface area (Å²) in [7, 11) is -4.33. The lowest BCUT2D eigenvalue weighted by Gasteiger charge is -2.14. The highest BCUT2D eigenvalue weighted by Crippen LogP contribution is 2.20. The van der Waals surface area contributed by atoms with Gasteiger partial charge in [-0.15, -0.1) is 0 Å². The number of benzene rings is 1. The third-order valence-corrected chi connectivity index (χ3v) is 5.47. The van der Waals surface area contributed by atoms with E-state index in [1.807, 2.05) is 6.92 Å². The van der Waals surface area contributed by atoms with Gasteiger partial charge in [-0.3, -0.25) is 9.97 Å². The van der Waals surface area contributed by atoms with Gasteiger partial charge in [-0.2, -0.15) is 5.10 Å². The molecule has 0 unspecified atom stereocenters. The number of nitrogens with two attached hydrogens (primary N) is 1. The molecule has 0 saturated heterocycles. The molecule has 0 aliphatic rings. The molecule has 11 nitrogen and oxygen atoms in total. The first kappa shape index (κ1) is 26.4. The van der Waals surface area contributed by atoms with Gasteiger partial charge in [-0.1, -0.05) is 22.4 Å². The molecule has 0 radical (unpaired) electrons. The first-order valence-electron chi connectivity index (χ1n) is 10.1. The van der Waals surface area contributed by atoms with E-state index < -0.39 is 10.1 Å². The molecule has 0 spiro atoms. The van der Waals surface area contributed by atoms with Crippen molar-refractivity contribution in [1.82, 2.24) is 19.6 Å². The quantitative estimate of drug-likeness (QED) is 0.196. The Labute approximate surface area is 197 Å². The van der Waals surface area contributed by atoms with Gasteiger partial charge in [0.05, 0.1) is 41.8 Å². The molecule has 0 amide bonds. The lowest BCUT2D eigenvalue weighted by atomic mass is 10.1. The van der Waals surface area contributed by atoms with E-state index in [9.17, 15) is 17.8 Å². The predicted octanol–water partition coefficient (Wildman–Crippen LogP) is 1.50. The Balaban J connectivity index is 0.000000190. The van der Waals surface area contributed by atoms with Crippen LogP contribution in [-0.2, 0) is 14.9 Å².